The second-order valence-corrected chi connectivity index (χ2v) is 7.95. The highest BCUT2D eigenvalue weighted by Crippen LogP contribution is 2.22. The van der Waals surface area contributed by atoms with Gasteiger partial charge in [-0.2, -0.15) is 5.10 Å². The smallest absolute Gasteiger partial charge is 0.270 e. The first kappa shape index (κ1) is 18.8. The molecule has 1 aromatic carbocycles. The Kier molecular flexibility index (Phi) is 5.54. The van der Waals surface area contributed by atoms with Crippen LogP contribution in [0.15, 0.2) is 58.1 Å². The average molecular weight is 441 g/mol. The molecule has 0 N–H and O–H groups in total. The standard InChI is InChI=1S/C21H21BrN4O2/c1-25-12-16-3-2-15(8-17(16)13-25)6-7-26-21(27)9-20(11-24-26)28-14-19-5-4-18(22)10-23-19/h2-5,8-11H,6-7,12-14H2,1H3. The SMILES string of the molecule is CN1Cc2ccc(CCn3ncc(OCc4ccc(Br)cn4)cc3=O)cc2C1. The number of aromatic nitrogens is 3. The Morgan fingerprint density at radius 3 is 2.75 bits per heavy atom. The number of benzene rings is 1. The van der Waals surface area contributed by atoms with Crippen LogP contribution in [0.2, 0.25) is 0 Å². The van der Waals surface area contributed by atoms with E-state index < -0.39 is 0 Å². The van der Waals surface area contributed by atoms with Gasteiger partial charge in [0.15, 0.2) is 0 Å². The fraction of sp³-hybridized carbons (Fsp3) is 0.286. The first-order chi connectivity index (χ1) is 13.6. The quantitative estimate of drug-likeness (QED) is 0.588. The summed E-state index contributed by atoms with van der Waals surface area (Å²) in [5.74, 6) is 0.450. The van der Waals surface area contributed by atoms with Gasteiger partial charge in [-0.1, -0.05) is 18.2 Å². The molecule has 0 bridgehead atoms. The van der Waals surface area contributed by atoms with Gasteiger partial charge in [0.1, 0.15) is 12.4 Å². The van der Waals surface area contributed by atoms with Crippen LogP contribution in [0.3, 0.4) is 0 Å². The van der Waals surface area contributed by atoms with Gasteiger partial charge in [0.2, 0.25) is 0 Å². The van der Waals surface area contributed by atoms with Crippen molar-refractivity contribution in [1.82, 2.24) is 19.7 Å². The van der Waals surface area contributed by atoms with Gasteiger partial charge in [-0.05, 0) is 58.2 Å². The molecule has 3 heterocycles. The second-order valence-electron chi connectivity index (χ2n) is 7.03. The summed E-state index contributed by atoms with van der Waals surface area (Å²) in [4.78, 5) is 18.9. The topological polar surface area (TPSA) is 60.3 Å². The maximum absolute atomic E-state index is 12.3. The molecular weight excluding hydrogens is 420 g/mol. The first-order valence-electron chi connectivity index (χ1n) is 9.16. The molecule has 0 atom stereocenters. The summed E-state index contributed by atoms with van der Waals surface area (Å²) in [5, 5.41) is 4.25. The van der Waals surface area contributed by atoms with E-state index in [1.165, 1.54) is 27.4 Å². The minimum Gasteiger partial charge on any atom is -0.485 e. The van der Waals surface area contributed by atoms with Crippen LogP contribution in [-0.2, 0) is 32.7 Å². The lowest BCUT2D eigenvalue weighted by atomic mass is 10.0. The van der Waals surface area contributed by atoms with E-state index in [9.17, 15) is 4.79 Å². The number of hydrogen-bond donors (Lipinski definition) is 0. The van der Waals surface area contributed by atoms with Crippen molar-refractivity contribution in [3.05, 3.63) is 86.0 Å². The monoisotopic (exact) mass is 440 g/mol. The van der Waals surface area contributed by atoms with Crippen molar-refractivity contribution in [3.63, 3.8) is 0 Å². The maximum Gasteiger partial charge on any atom is 0.270 e. The average Bonchev–Trinajstić information content (AvgIpc) is 3.06. The van der Waals surface area contributed by atoms with Gasteiger partial charge in [0.05, 0.1) is 11.9 Å². The molecule has 0 aliphatic carbocycles. The molecule has 3 aromatic rings. The minimum atomic E-state index is -0.165. The summed E-state index contributed by atoms with van der Waals surface area (Å²) < 4.78 is 8.02. The van der Waals surface area contributed by atoms with Gasteiger partial charge in [-0.15, -0.1) is 0 Å². The highest BCUT2D eigenvalue weighted by Gasteiger charge is 2.15. The van der Waals surface area contributed by atoms with Crippen LogP contribution in [-0.4, -0.2) is 26.7 Å². The van der Waals surface area contributed by atoms with Gasteiger partial charge in [0.25, 0.3) is 5.56 Å². The Balaban J connectivity index is 1.36. The number of ether oxygens (including phenoxy) is 1. The zero-order chi connectivity index (χ0) is 19.5. The van der Waals surface area contributed by atoms with E-state index in [0.717, 1.165) is 29.7 Å². The van der Waals surface area contributed by atoms with E-state index in [1.54, 1.807) is 12.4 Å². The largest absolute Gasteiger partial charge is 0.485 e. The van der Waals surface area contributed by atoms with Gasteiger partial charge < -0.3 is 4.74 Å². The molecule has 6 nitrogen and oxygen atoms in total. The van der Waals surface area contributed by atoms with Crippen LogP contribution in [0, 0.1) is 0 Å². The summed E-state index contributed by atoms with van der Waals surface area (Å²) in [6, 6.07) is 11.8. The highest BCUT2D eigenvalue weighted by atomic mass is 79.9. The first-order valence-corrected chi connectivity index (χ1v) is 9.96. The summed E-state index contributed by atoms with van der Waals surface area (Å²) in [7, 11) is 2.12. The molecular formula is C21H21BrN4O2. The lowest BCUT2D eigenvalue weighted by molar-refractivity contribution is 0.297. The lowest BCUT2D eigenvalue weighted by Crippen LogP contribution is -2.23. The summed E-state index contributed by atoms with van der Waals surface area (Å²) in [5.41, 5.74) is 4.62. The Labute approximate surface area is 171 Å². The molecule has 28 heavy (non-hydrogen) atoms. The van der Waals surface area contributed by atoms with Crippen molar-refractivity contribution < 1.29 is 4.74 Å². The summed E-state index contributed by atoms with van der Waals surface area (Å²) in [6.45, 7) is 2.83. The van der Waals surface area contributed by atoms with E-state index >= 15 is 0 Å². The van der Waals surface area contributed by atoms with E-state index in [0.29, 0.717) is 18.9 Å². The normalized spacial score (nSPS) is 13.5. The zero-order valence-electron chi connectivity index (χ0n) is 15.6. The number of nitrogens with zero attached hydrogens (tertiary/aromatic N) is 4. The second kappa shape index (κ2) is 8.24. The van der Waals surface area contributed by atoms with Gasteiger partial charge in [-0.3, -0.25) is 14.7 Å². The van der Waals surface area contributed by atoms with Gasteiger partial charge >= 0.3 is 0 Å². The molecule has 0 unspecified atom stereocenters. The Morgan fingerprint density at radius 1 is 1.11 bits per heavy atom. The van der Waals surface area contributed by atoms with Crippen molar-refractivity contribution in [2.24, 2.45) is 0 Å². The highest BCUT2D eigenvalue weighted by molar-refractivity contribution is 9.10. The van der Waals surface area contributed by atoms with E-state index in [1.807, 2.05) is 12.1 Å². The van der Waals surface area contributed by atoms with Crippen molar-refractivity contribution in [1.29, 1.82) is 0 Å². The van der Waals surface area contributed by atoms with E-state index in [4.69, 9.17) is 4.74 Å². The van der Waals surface area contributed by atoms with Crippen LogP contribution in [0.5, 0.6) is 5.75 Å². The van der Waals surface area contributed by atoms with Crippen molar-refractivity contribution in [2.45, 2.75) is 32.7 Å². The fourth-order valence-electron chi connectivity index (χ4n) is 3.32. The number of fused-ring (bicyclic) bond motifs is 1. The molecule has 144 valence electrons. The number of hydrogen-bond acceptors (Lipinski definition) is 5. The van der Waals surface area contributed by atoms with Crippen LogP contribution < -0.4 is 10.3 Å². The number of aryl methyl sites for hydroxylation is 2. The summed E-state index contributed by atoms with van der Waals surface area (Å²) >= 11 is 3.35. The zero-order valence-corrected chi connectivity index (χ0v) is 17.2. The molecule has 0 saturated carbocycles. The van der Waals surface area contributed by atoms with Gasteiger partial charge in [-0.25, -0.2) is 4.68 Å². The predicted octanol–water partition coefficient (Wildman–Crippen LogP) is 3.17. The molecule has 1 aliphatic heterocycles. The van der Waals surface area contributed by atoms with Crippen molar-refractivity contribution in [2.75, 3.05) is 7.05 Å². The molecule has 7 heteroatoms. The summed E-state index contributed by atoms with van der Waals surface area (Å²) in [6.07, 6.45) is 4.07. The Bertz CT molecular complexity index is 1030. The van der Waals surface area contributed by atoms with Gasteiger partial charge in [0, 0.05) is 36.4 Å². The maximum atomic E-state index is 12.3. The minimum absolute atomic E-state index is 0.165. The molecule has 0 saturated heterocycles. The molecule has 1 aliphatic rings. The molecule has 2 aromatic heterocycles. The molecule has 0 amide bonds. The fourth-order valence-corrected chi connectivity index (χ4v) is 3.56. The molecule has 0 spiro atoms. The van der Waals surface area contributed by atoms with E-state index in [-0.39, 0.29) is 5.56 Å². The molecule has 0 radical (unpaired) electrons. The van der Waals surface area contributed by atoms with Crippen molar-refractivity contribution in [3.8, 4) is 5.75 Å². The molecule has 4 rings (SSSR count). The van der Waals surface area contributed by atoms with Crippen LogP contribution >= 0.6 is 15.9 Å². The third-order valence-corrected chi connectivity index (χ3v) is 5.25. The Hall–Kier alpha value is -2.51. The predicted molar refractivity (Wildman–Crippen MR) is 110 cm³/mol. The number of pyridine rings is 1. The van der Waals surface area contributed by atoms with Crippen molar-refractivity contribution >= 4 is 15.9 Å². The van der Waals surface area contributed by atoms with Crippen LogP contribution in [0.25, 0.3) is 0 Å². The third-order valence-electron chi connectivity index (χ3n) is 4.78. The van der Waals surface area contributed by atoms with Crippen LogP contribution in [0.1, 0.15) is 22.4 Å². The third kappa shape index (κ3) is 4.48. The van der Waals surface area contributed by atoms with E-state index in [2.05, 4.69) is 56.2 Å². The number of halogens is 1. The number of rotatable bonds is 6. The lowest BCUT2D eigenvalue weighted by Gasteiger charge is -2.08. The molecule has 0 fully saturated rings. The van der Waals surface area contributed by atoms with Crippen LogP contribution in [0.4, 0.5) is 0 Å². The Morgan fingerprint density at radius 2 is 1.96 bits per heavy atom.